The summed E-state index contributed by atoms with van der Waals surface area (Å²) in [6.45, 7) is 22.1. The van der Waals surface area contributed by atoms with Crippen LogP contribution in [0.1, 0.15) is 106 Å². The molecule has 5 aliphatic rings. The van der Waals surface area contributed by atoms with Gasteiger partial charge >= 0.3 is 0 Å². The van der Waals surface area contributed by atoms with Gasteiger partial charge in [0.15, 0.2) is 0 Å². The topological polar surface area (TPSA) is 20.2 Å². The summed E-state index contributed by atoms with van der Waals surface area (Å²) < 4.78 is 0. The molecule has 0 heterocycles. The molecule has 5 saturated carbocycles. The van der Waals surface area contributed by atoms with Crippen LogP contribution in [0.4, 0.5) is 0 Å². The second-order valence-electron chi connectivity index (χ2n) is 14.4. The molecule has 0 aromatic rings. The van der Waals surface area contributed by atoms with E-state index in [2.05, 4.69) is 55.0 Å². The summed E-state index contributed by atoms with van der Waals surface area (Å²) in [7, 11) is 0. The Morgan fingerprint density at radius 2 is 1.50 bits per heavy atom. The zero-order valence-electron chi connectivity index (χ0n) is 21.0. The van der Waals surface area contributed by atoms with Crippen molar-refractivity contribution in [1.82, 2.24) is 0 Å². The molecule has 0 unspecified atom stereocenters. The van der Waals surface area contributed by atoms with Gasteiger partial charge in [0.1, 0.15) is 0 Å². The average Bonchev–Trinajstić information content (AvgIpc) is 3.08. The maximum Gasteiger partial charge on any atom is 0.0599 e. The van der Waals surface area contributed by atoms with Crippen LogP contribution in [0.15, 0.2) is 12.2 Å². The van der Waals surface area contributed by atoms with E-state index in [0.717, 1.165) is 30.1 Å². The highest BCUT2D eigenvalue weighted by Crippen LogP contribution is 2.78. The van der Waals surface area contributed by atoms with E-state index in [1.165, 1.54) is 56.9 Å². The lowest BCUT2D eigenvalue weighted by Crippen LogP contribution is -2.63. The number of aliphatic hydroxyl groups excluding tert-OH is 1. The minimum absolute atomic E-state index is 0.0788. The van der Waals surface area contributed by atoms with Gasteiger partial charge in [-0.25, -0.2) is 0 Å². The molecular formula is C29H48O. The Hall–Kier alpha value is -0.300. The van der Waals surface area contributed by atoms with Crippen LogP contribution in [0.25, 0.3) is 0 Å². The van der Waals surface area contributed by atoms with E-state index in [9.17, 15) is 5.11 Å². The first kappa shape index (κ1) is 21.5. The number of hydrogen-bond acceptors (Lipinski definition) is 1. The molecule has 0 spiro atoms. The molecule has 0 amide bonds. The minimum Gasteiger partial charge on any atom is -0.393 e. The first-order valence-electron chi connectivity index (χ1n) is 13.1. The van der Waals surface area contributed by atoms with Crippen molar-refractivity contribution in [2.75, 3.05) is 0 Å². The van der Waals surface area contributed by atoms with Crippen LogP contribution in [-0.4, -0.2) is 11.2 Å². The molecule has 30 heavy (non-hydrogen) atoms. The Morgan fingerprint density at radius 3 is 2.17 bits per heavy atom. The van der Waals surface area contributed by atoms with Crippen LogP contribution in [0.2, 0.25) is 0 Å². The van der Waals surface area contributed by atoms with Gasteiger partial charge in [-0.05, 0) is 121 Å². The van der Waals surface area contributed by atoms with E-state index in [1.807, 2.05) is 0 Å². The van der Waals surface area contributed by atoms with Crippen LogP contribution in [0.3, 0.4) is 0 Å². The van der Waals surface area contributed by atoms with Gasteiger partial charge in [0.25, 0.3) is 0 Å². The highest BCUT2D eigenvalue weighted by molar-refractivity contribution is 5.21. The maximum atomic E-state index is 11.1. The SMILES string of the molecule is C=C(C)[C@@H]1CC[C@]2(C)CC[C@]3(C)[C@H](CC[C@@H]4[C@@]5(C)C[C@@H](O)C(C)(C)[C@@H]5CC[C@]43C)[C@@H]12. The number of allylic oxidation sites excluding steroid dienone is 1. The third-order valence-electron chi connectivity index (χ3n) is 13.1. The van der Waals surface area contributed by atoms with Gasteiger partial charge in [-0.2, -0.15) is 0 Å². The molecule has 170 valence electrons. The Morgan fingerprint density at radius 1 is 0.800 bits per heavy atom. The molecule has 5 fully saturated rings. The fourth-order valence-electron chi connectivity index (χ4n) is 11.3. The summed E-state index contributed by atoms with van der Waals surface area (Å²) >= 11 is 0. The lowest BCUT2D eigenvalue weighted by molar-refractivity contribution is -0.216. The van der Waals surface area contributed by atoms with Gasteiger partial charge in [0, 0.05) is 0 Å². The fraction of sp³-hybridized carbons (Fsp3) is 0.931. The number of hydrogen-bond donors (Lipinski definition) is 1. The van der Waals surface area contributed by atoms with E-state index in [-0.39, 0.29) is 11.5 Å². The molecular weight excluding hydrogens is 364 g/mol. The standard InChI is InChI=1S/C29H48O/c1-18(2)19-11-13-26(5)15-16-28(7)20(24(19)26)9-10-22-27(6)17-23(30)25(3,4)21(27)12-14-29(22,28)8/h19-24,30H,1,9-17H2,2-8H3/t19-,20+,21-,22+,23+,24+,26+,27-,28+,29+/m0/s1. The zero-order valence-corrected chi connectivity index (χ0v) is 21.0. The van der Waals surface area contributed by atoms with Gasteiger partial charge < -0.3 is 5.11 Å². The predicted octanol–water partition coefficient (Wildman–Crippen LogP) is 7.63. The van der Waals surface area contributed by atoms with Crippen LogP contribution in [0.5, 0.6) is 0 Å². The van der Waals surface area contributed by atoms with Gasteiger partial charge in [-0.15, -0.1) is 0 Å². The van der Waals surface area contributed by atoms with Gasteiger partial charge in [-0.1, -0.05) is 53.7 Å². The van der Waals surface area contributed by atoms with Crippen LogP contribution in [-0.2, 0) is 0 Å². The molecule has 10 atom stereocenters. The molecule has 0 bridgehead atoms. The first-order valence-corrected chi connectivity index (χ1v) is 13.1. The molecule has 5 aliphatic carbocycles. The number of rotatable bonds is 1. The Labute approximate surface area is 186 Å². The summed E-state index contributed by atoms with van der Waals surface area (Å²) in [5.41, 5.74) is 3.26. The van der Waals surface area contributed by atoms with Gasteiger partial charge in [0.05, 0.1) is 6.10 Å². The lowest BCUT2D eigenvalue weighted by atomic mass is 9.34. The summed E-state index contributed by atoms with van der Waals surface area (Å²) in [6, 6.07) is 0. The van der Waals surface area contributed by atoms with Gasteiger partial charge in [-0.3, -0.25) is 0 Å². The fourth-order valence-corrected chi connectivity index (χ4v) is 11.3. The van der Waals surface area contributed by atoms with Crippen LogP contribution >= 0.6 is 0 Å². The van der Waals surface area contributed by atoms with Gasteiger partial charge in [0.2, 0.25) is 0 Å². The van der Waals surface area contributed by atoms with E-state index in [0.29, 0.717) is 27.6 Å². The third-order valence-corrected chi connectivity index (χ3v) is 13.1. The second kappa shape index (κ2) is 6.18. The normalized spacial score (nSPS) is 59.1. The highest BCUT2D eigenvalue weighted by atomic mass is 16.3. The highest BCUT2D eigenvalue weighted by Gasteiger charge is 2.71. The van der Waals surface area contributed by atoms with E-state index < -0.39 is 0 Å². The maximum absolute atomic E-state index is 11.1. The summed E-state index contributed by atoms with van der Waals surface area (Å²) in [6.07, 6.45) is 12.1. The second-order valence-corrected chi connectivity index (χ2v) is 14.4. The van der Waals surface area contributed by atoms with Crippen molar-refractivity contribution in [3.05, 3.63) is 12.2 Å². The smallest absolute Gasteiger partial charge is 0.0599 e. The van der Waals surface area contributed by atoms with Crippen molar-refractivity contribution >= 4 is 0 Å². The van der Waals surface area contributed by atoms with Crippen molar-refractivity contribution in [1.29, 1.82) is 0 Å². The monoisotopic (exact) mass is 412 g/mol. The molecule has 5 rings (SSSR count). The number of fused-ring (bicyclic) bond motifs is 7. The van der Waals surface area contributed by atoms with Crippen molar-refractivity contribution in [3.8, 4) is 0 Å². The zero-order chi connectivity index (χ0) is 21.9. The molecule has 1 heteroatoms. The molecule has 0 aromatic carbocycles. The van der Waals surface area contributed by atoms with Crippen LogP contribution < -0.4 is 0 Å². The average molecular weight is 413 g/mol. The van der Waals surface area contributed by atoms with E-state index in [1.54, 1.807) is 0 Å². The Balaban J connectivity index is 1.55. The van der Waals surface area contributed by atoms with Crippen LogP contribution in [0, 0.1) is 56.7 Å². The molecule has 0 saturated heterocycles. The molecule has 0 radical (unpaired) electrons. The summed E-state index contributed by atoms with van der Waals surface area (Å²) in [5.74, 6) is 3.92. The third kappa shape index (κ3) is 2.35. The quantitative estimate of drug-likeness (QED) is 0.439. The first-order chi connectivity index (χ1) is 13.8. The Bertz CT molecular complexity index is 751. The van der Waals surface area contributed by atoms with Crippen molar-refractivity contribution in [2.24, 2.45) is 56.7 Å². The molecule has 1 N–H and O–H groups in total. The molecule has 0 aliphatic heterocycles. The van der Waals surface area contributed by atoms with Crippen molar-refractivity contribution in [2.45, 2.75) is 112 Å². The Kier molecular flexibility index (Phi) is 4.44. The minimum atomic E-state index is -0.127. The number of aliphatic hydroxyl groups is 1. The molecule has 1 nitrogen and oxygen atoms in total. The van der Waals surface area contributed by atoms with Crippen molar-refractivity contribution < 1.29 is 5.11 Å². The van der Waals surface area contributed by atoms with E-state index in [4.69, 9.17) is 0 Å². The van der Waals surface area contributed by atoms with E-state index >= 15 is 0 Å². The van der Waals surface area contributed by atoms with Crippen molar-refractivity contribution in [3.63, 3.8) is 0 Å². The predicted molar refractivity (Wildman–Crippen MR) is 126 cm³/mol. The summed E-state index contributed by atoms with van der Waals surface area (Å²) in [5, 5.41) is 11.1. The lowest BCUT2D eigenvalue weighted by Gasteiger charge is -2.70. The molecule has 0 aromatic heterocycles. The largest absolute Gasteiger partial charge is 0.393 e. The summed E-state index contributed by atoms with van der Waals surface area (Å²) in [4.78, 5) is 0.